The van der Waals surface area contributed by atoms with Crippen LogP contribution in [-0.4, -0.2) is 35.2 Å². The van der Waals surface area contributed by atoms with Crippen LogP contribution in [0, 0.1) is 0 Å². The van der Waals surface area contributed by atoms with E-state index in [1.54, 1.807) is 12.1 Å². The summed E-state index contributed by atoms with van der Waals surface area (Å²) < 4.78 is 89.5. The molecule has 2 N–H and O–H groups in total. The summed E-state index contributed by atoms with van der Waals surface area (Å²) in [6.45, 7) is 9.27. The lowest BCUT2D eigenvalue weighted by atomic mass is 9.87. The first-order chi connectivity index (χ1) is 15.8. The second-order valence-electron chi connectivity index (χ2n) is 9.03. The predicted octanol–water partition coefficient (Wildman–Crippen LogP) is 4.77. The summed E-state index contributed by atoms with van der Waals surface area (Å²) in [5, 5.41) is 2.20. The molecule has 0 heterocycles. The lowest BCUT2D eigenvalue weighted by Crippen LogP contribution is -2.25. The molecule has 0 saturated heterocycles. The number of halogens is 3. The topological polar surface area (TPSA) is 109 Å². The van der Waals surface area contributed by atoms with Gasteiger partial charge in [-0.3, -0.25) is 9.52 Å². The van der Waals surface area contributed by atoms with E-state index in [0.717, 1.165) is 30.0 Å². The van der Waals surface area contributed by atoms with Gasteiger partial charge in [0.15, 0.2) is 9.84 Å². The first-order valence-electron chi connectivity index (χ1n) is 10.3. The molecule has 2 rings (SSSR count). The number of benzene rings is 2. The highest BCUT2D eigenvalue weighted by atomic mass is 32.2. The van der Waals surface area contributed by atoms with Crippen LogP contribution in [0.1, 0.15) is 49.5 Å². The smallest absolute Gasteiger partial charge is 0.326 e. The first-order valence-corrected chi connectivity index (χ1v) is 13.7. The monoisotopic (exact) mass is 532 g/mol. The van der Waals surface area contributed by atoms with E-state index in [2.05, 4.69) is 16.6 Å². The molecule has 0 aromatic heterocycles. The standard InChI is InChI=1S/C23H27F3N2O5S2/c1-15(12-13-23(24,25)26)27-21(29)19-11-10-18(34(5,30)31)14-20(19)28-35(32,33)17-8-6-16(7-9-17)22(2,3)4/h6-11,14,28H,1,12-13H2,2-5H3,(H,27,29). The number of amides is 1. The van der Waals surface area contributed by atoms with E-state index in [-0.39, 0.29) is 32.2 Å². The first kappa shape index (κ1) is 28.4. The zero-order valence-electron chi connectivity index (χ0n) is 19.7. The van der Waals surface area contributed by atoms with Crippen molar-refractivity contribution >= 4 is 31.5 Å². The molecular weight excluding hydrogens is 505 g/mol. The molecule has 0 spiro atoms. The normalized spacial score (nSPS) is 12.8. The van der Waals surface area contributed by atoms with E-state index in [1.165, 1.54) is 12.1 Å². The molecule has 0 atom stereocenters. The molecule has 2 aromatic carbocycles. The highest BCUT2D eigenvalue weighted by Crippen LogP contribution is 2.27. The number of anilines is 1. The van der Waals surface area contributed by atoms with Crippen molar-refractivity contribution in [1.29, 1.82) is 0 Å². The zero-order valence-corrected chi connectivity index (χ0v) is 21.3. The minimum atomic E-state index is -4.45. The fraction of sp³-hybridized carbons (Fsp3) is 0.348. The number of rotatable bonds is 8. The molecular formula is C23H27F3N2O5S2. The van der Waals surface area contributed by atoms with Gasteiger partial charge in [0.25, 0.3) is 15.9 Å². The second-order valence-corrected chi connectivity index (χ2v) is 12.7. The summed E-state index contributed by atoms with van der Waals surface area (Å²) in [7, 11) is -8.02. The highest BCUT2D eigenvalue weighted by Gasteiger charge is 2.27. The van der Waals surface area contributed by atoms with Crippen LogP contribution in [0.4, 0.5) is 18.9 Å². The lowest BCUT2D eigenvalue weighted by molar-refractivity contribution is -0.134. The van der Waals surface area contributed by atoms with E-state index >= 15 is 0 Å². The highest BCUT2D eigenvalue weighted by molar-refractivity contribution is 7.92. The molecule has 0 saturated carbocycles. The van der Waals surface area contributed by atoms with Gasteiger partial charge in [-0.2, -0.15) is 13.2 Å². The molecule has 0 radical (unpaired) electrons. The van der Waals surface area contributed by atoms with Gasteiger partial charge in [-0.25, -0.2) is 16.8 Å². The number of hydrogen-bond acceptors (Lipinski definition) is 5. The van der Waals surface area contributed by atoms with Crippen LogP contribution < -0.4 is 10.0 Å². The van der Waals surface area contributed by atoms with E-state index in [1.807, 2.05) is 20.8 Å². The molecule has 35 heavy (non-hydrogen) atoms. The SMILES string of the molecule is C=C(CCC(F)(F)F)NC(=O)c1ccc(S(C)(=O)=O)cc1NS(=O)(=O)c1ccc(C(C)(C)C)cc1. The largest absolute Gasteiger partial charge is 0.389 e. The Morgan fingerprint density at radius 2 is 1.49 bits per heavy atom. The third-order valence-electron chi connectivity index (χ3n) is 4.94. The van der Waals surface area contributed by atoms with Crippen molar-refractivity contribution in [2.75, 3.05) is 11.0 Å². The van der Waals surface area contributed by atoms with Crippen LogP contribution in [0.15, 0.2) is 64.5 Å². The predicted molar refractivity (Wildman–Crippen MR) is 127 cm³/mol. The molecule has 0 aliphatic rings. The minimum absolute atomic E-state index is 0.129. The Balaban J connectivity index is 2.42. The Hall–Kier alpha value is -2.86. The summed E-state index contributed by atoms with van der Waals surface area (Å²) in [5.41, 5.74) is -0.215. The number of hydrogen-bond donors (Lipinski definition) is 2. The Morgan fingerprint density at radius 1 is 0.943 bits per heavy atom. The summed E-state index contributed by atoms with van der Waals surface area (Å²) in [6, 6.07) is 9.18. The molecule has 0 unspecified atom stereocenters. The van der Waals surface area contributed by atoms with Gasteiger partial charge in [0.1, 0.15) is 0 Å². The fourth-order valence-corrected chi connectivity index (χ4v) is 4.68. The molecule has 7 nitrogen and oxygen atoms in total. The van der Waals surface area contributed by atoms with Gasteiger partial charge in [0, 0.05) is 18.4 Å². The average Bonchev–Trinajstić information content (AvgIpc) is 2.70. The van der Waals surface area contributed by atoms with Crippen molar-refractivity contribution in [2.24, 2.45) is 0 Å². The van der Waals surface area contributed by atoms with Gasteiger partial charge < -0.3 is 5.32 Å². The number of alkyl halides is 3. The van der Waals surface area contributed by atoms with Crippen molar-refractivity contribution < 1.29 is 34.8 Å². The van der Waals surface area contributed by atoms with Crippen molar-refractivity contribution in [2.45, 2.75) is 55.0 Å². The number of sulfonamides is 1. The van der Waals surface area contributed by atoms with Gasteiger partial charge in [-0.1, -0.05) is 39.5 Å². The lowest BCUT2D eigenvalue weighted by Gasteiger charge is -2.19. The Morgan fingerprint density at radius 3 is 1.97 bits per heavy atom. The van der Waals surface area contributed by atoms with E-state index < -0.39 is 44.8 Å². The average molecular weight is 533 g/mol. The van der Waals surface area contributed by atoms with Crippen LogP contribution in [-0.2, 0) is 25.3 Å². The second kappa shape index (κ2) is 10.0. The van der Waals surface area contributed by atoms with E-state index in [0.29, 0.717) is 0 Å². The van der Waals surface area contributed by atoms with Crippen LogP contribution in [0.2, 0.25) is 0 Å². The number of allylic oxidation sites excluding steroid dienone is 1. The number of nitrogens with one attached hydrogen (secondary N) is 2. The maximum Gasteiger partial charge on any atom is 0.389 e. The van der Waals surface area contributed by atoms with Crippen molar-refractivity contribution in [3.8, 4) is 0 Å². The molecule has 0 aliphatic carbocycles. The molecule has 0 bridgehead atoms. The van der Waals surface area contributed by atoms with Crippen molar-refractivity contribution in [3.05, 3.63) is 65.9 Å². The third kappa shape index (κ3) is 8.10. The van der Waals surface area contributed by atoms with Crippen molar-refractivity contribution in [1.82, 2.24) is 5.32 Å². The van der Waals surface area contributed by atoms with Crippen LogP contribution in [0.3, 0.4) is 0 Å². The zero-order chi connectivity index (χ0) is 26.8. The van der Waals surface area contributed by atoms with Crippen LogP contribution >= 0.6 is 0 Å². The molecule has 2 aromatic rings. The maximum absolute atomic E-state index is 13.0. The Kier molecular flexibility index (Phi) is 8.12. The summed E-state index contributed by atoms with van der Waals surface area (Å²) in [5.74, 6) is -0.946. The summed E-state index contributed by atoms with van der Waals surface area (Å²) in [6.07, 6.45) is -5.32. The molecule has 12 heteroatoms. The Bertz CT molecular complexity index is 1330. The van der Waals surface area contributed by atoms with Crippen LogP contribution in [0.5, 0.6) is 0 Å². The number of carbonyl (C=O) groups is 1. The van der Waals surface area contributed by atoms with Gasteiger partial charge >= 0.3 is 6.18 Å². The fourth-order valence-electron chi connectivity index (χ4n) is 2.96. The molecule has 0 aliphatic heterocycles. The summed E-state index contributed by atoms with van der Waals surface area (Å²) in [4.78, 5) is 12.3. The van der Waals surface area contributed by atoms with Gasteiger partial charge in [-0.15, -0.1) is 0 Å². The van der Waals surface area contributed by atoms with Gasteiger partial charge in [0.2, 0.25) is 0 Å². The molecule has 0 fully saturated rings. The quantitative estimate of drug-likeness (QED) is 0.509. The van der Waals surface area contributed by atoms with Crippen molar-refractivity contribution in [3.63, 3.8) is 0 Å². The van der Waals surface area contributed by atoms with E-state index in [4.69, 9.17) is 0 Å². The minimum Gasteiger partial charge on any atom is -0.326 e. The maximum atomic E-state index is 13.0. The van der Waals surface area contributed by atoms with E-state index in [9.17, 15) is 34.8 Å². The Labute approximate surface area is 203 Å². The van der Waals surface area contributed by atoms with Crippen LogP contribution in [0.25, 0.3) is 0 Å². The summed E-state index contributed by atoms with van der Waals surface area (Å²) >= 11 is 0. The molecule has 1 amide bonds. The van der Waals surface area contributed by atoms with Gasteiger partial charge in [0.05, 0.1) is 21.0 Å². The third-order valence-corrected chi connectivity index (χ3v) is 7.43. The molecule has 192 valence electrons. The van der Waals surface area contributed by atoms with Gasteiger partial charge in [-0.05, 0) is 47.7 Å². The number of carbonyl (C=O) groups excluding carboxylic acids is 1. The number of sulfone groups is 1.